The molecule has 0 bridgehead atoms. The van der Waals surface area contributed by atoms with Crippen LogP contribution in [0.25, 0.3) is 0 Å². The zero-order chi connectivity index (χ0) is 13.3. The van der Waals surface area contributed by atoms with Crippen LogP contribution in [0.2, 0.25) is 0 Å². The first-order valence-corrected chi connectivity index (χ1v) is 6.15. The Morgan fingerprint density at radius 3 is 2.68 bits per heavy atom. The van der Waals surface area contributed by atoms with Crippen LogP contribution in [0.15, 0.2) is 58.8 Å². The van der Waals surface area contributed by atoms with E-state index in [4.69, 9.17) is 0 Å². The highest BCUT2D eigenvalue weighted by Crippen LogP contribution is 2.16. The van der Waals surface area contributed by atoms with Gasteiger partial charge in [-0.25, -0.2) is 4.99 Å². The lowest BCUT2D eigenvalue weighted by molar-refractivity contribution is 0.467. The topological polar surface area (TPSA) is 57.8 Å². The summed E-state index contributed by atoms with van der Waals surface area (Å²) in [5.41, 5.74) is 1.74. The third kappa shape index (κ3) is 4.37. The lowest BCUT2D eigenvalue weighted by atomic mass is 10.1. The van der Waals surface area contributed by atoms with Crippen LogP contribution in [-0.2, 0) is 6.42 Å². The minimum atomic E-state index is 0.344. The van der Waals surface area contributed by atoms with E-state index in [1.54, 1.807) is 30.6 Å². The summed E-state index contributed by atoms with van der Waals surface area (Å²) < 4.78 is 0. The number of para-hydroxylation sites is 1. The molecule has 0 atom stereocenters. The number of hydrogen-bond acceptors (Lipinski definition) is 4. The monoisotopic (exact) mass is 253 g/mol. The van der Waals surface area contributed by atoms with Gasteiger partial charge in [-0.2, -0.15) is 4.99 Å². The van der Waals surface area contributed by atoms with E-state index in [9.17, 15) is 5.11 Å². The number of aryl methyl sites for hydroxylation is 1. The number of aromatic hydroxyl groups is 1. The summed E-state index contributed by atoms with van der Waals surface area (Å²) in [5.74, 6) is 0.344. The number of aliphatic imine (C=N–C) groups is 2. The number of phenols is 1. The molecule has 4 heteroatoms. The molecule has 2 aromatic rings. The molecule has 0 saturated heterocycles. The van der Waals surface area contributed by atoms with Crippen molar-refractivity contribution in [3.8, 4) is 5.75 Å². The lowest BCUT2D eigenvalue weighted by Gasteiger charge is -2.01. The fourth-order valence-electron chi connectivity index (χ4n) is 1.63. The second kappa shape index (κ2) is 7.09. The SMILES string of the molecule is Oc1ccccc1CCCN=C=Nc1ccncc1. The molecule has 0 spiro atoms. The average Bonchev–Trinajstić information content (AvgIpc) is 2.45. The zero-order valence-corrected chi connectivity index (χ0v) is 10.5. The Morgan fingerprint density at radius 1 is 1.11 bits per heavy atom. The molecule has 19 heavy (non-hydrogen) atoms. The molecule has 0 aliphatic rings. The van der Waals surface area contributed by atoms with E-state index < -0.39 is 0 Å². The van der Waals surface area contributed by atoms with E-state index in [-0.39, 0.29) is 0 Å². The van der Waals surface area contributed by atoms with Crippen LogP contribution < -0.4 is 0 Å². The van der Waals surface area contributed by atoms with E-state index in [0.29, 0.717) is 12.3 Å². The molecule has 1 aromatic heterocycles. The number of nitrogens with zero attached hydrogens (tertiary/aromatic N) is 3. The third-order valence-electron chi connectivity index (χ3n) is 2.62. The smallest absolute Gasteiger partial charge is 0.118 e. The van der Waals surface area contributed by atoms with Crippen molar-refractivity contribution in [2.75, 3.05) is 6.54 Å². The molecule has 0 radical (unpaired) electrons. The van der Waals surface area contributed by atoms with Crippen molar-refractivity contribution in [2.24, 2.45) is 9.98 Å². The predicted octanol–water partition coefficient (Wildman–Crippen LogP) is 3.23. The first-order valence-electron chi connectivity index (χ1n) is 6.15. The quantitative estimate of drug-likeness (QED) is 0.657. The molecule has 96 valence electrons. The highest BCUT2D eigenvalue weighted by Gasteiger charge is 1.97. The Hall–Kier alpha value is -2.45. The molecule has 1 N–H and O–H groups in total. The Labute approximate surface area is 112 Å². The summed E-state index contributed by atoms with van der Waals surface area (Å²) in [5, 5.41) is 9.59. The fourth-order valence-corrected chi connectivity index (χ4v) is 1.63. The molecule has 4 nitrogen and oxygen atoms in total. The van der Waals surface area contributed by atoms with Crippen molar-refractivity contribution >= 4 is 11.7 Å². The molecule has 0 aliphatic heterocycles. The predicted molar refractivity (Wildman–Crippen MR) is 75.1 cm³/mol. The minimum Gasteiger partial charge on any atom is -0.508 e. The number of phenolic OH excluding ortho intramolecular Hbond substituents is 1. The van der Waals surface area contributed by atoms with Crippen molar-refractivity contribution < 1.29 is 5.11 Å². The number of aromatic nitrogens is 1. The molecule has 0 amide bonds. The molecular formula is C15H15N3O. The normalized spacial score (nSPS) is 9.68. The number of benzene rings is 1. The molecule has 0 aliphatic carbocycles. The first kappa shape index (κ1) is 13.0. The second-order valence-electron chi connectivity index (χ2n) is 4.03. The van der Waals surface area contributed by atoms with Crippen LogP contribution in [0.4, 0.5) is 5.69 Å². The maximum atomic E-state index is 9.59. The van der Waals surface area contributed by atoms with E-state index in [1.165, 1.54) is 0 Å². The Bertz CT molecular complexity index is 575. The Morgan fingerprint density at radius 2 is 1.89 bits per heavy atom. The molecule has 1 aromatic carbocycles. The van der Waals surface area contributed by atoms with E-state index in [1.807, 2.05) is 18.2 Å². The van der Waals surface area contributed by atoms with Gasteiger partial charge in [-0.05, 0) is 36.6 Å². The van der Waals surface area contributed by atoms with Crippen molar-refractivity contribution in [1.82, 2.24) is 4.98 Å². The number of rotatable bonds is 5. The van der Waals surface area contributed by atoms with Gasteiger partial charge in [0.1, 0.15) is 5.75 Å². The van der Waals surface area contributed by atoms with E-state index >= 15 is 0 Å². The fraction of sp³-hybridized carbons (Fsp3) is 0.200. The van der Waals surface area contributed by atoms with Crippen molar-refractivity contribution in [3.63, 3.8) is 0 Å². The summed E-state index contributed by atoms with van der Waals surface area (Å²) in [6, 6.07) is 13.6. The van der Waals surface area contributed by atoms with Gasteiger partial charge in [-0.15, -0.1) is 0 Å². The summed E-state index contributed by atoms with van der Waals surface area (Å²) in [7, 11) is 0. The van der Waals surface area contributed by atoms with Gasteiger partial charge in [0.05, 0.1) is 18.2 Å². The van der Waals surface area contributed by atoms with Crippen LogP contribution in [0.5, 0.6) is 5.75 Å². The number of pyridine rings is 1. The standard InChI is InChI=1S/C15H15N3O/c19-15-6-2-1-4-13(15)5-3-9-17-12-18-14-7-10-16-11-8-14/h1-2,4,6-8,10-11,19H,3,5,9H2. The van der Waals surface area contributed by atoms with Gasteiger partial charge >= 0.3 is 0 Å². The molecule has 1 heterocycles. The first-order chi connectivity index (χ1) is 9.36. The molecule has 0 saturated carbocycles. The van der Waals surface area contributed by atoms with Gasteiger partial charge in [-0.1, -0.05) is 18.2 Å². The van der Waals surface area contributed by atoms with Gasteiger partial charge in [0.15, 0.2) is 0 Å². The van der Waals surface area contributed by atoms with Gasteiger partial charge in [0, 0.05) is 12.4 Å². The maximum Gasteiger partial charge on any atom is 0.118 e. The third-order valence-corrected chi connectivity index (χ3v) is 2.62. The van der Waals surface area contributed by atoms with Crippen molar-refractivity contribution in [1.29, 1.82) is 0 Å². The molecular weight excluding hydrogens is 238 g/mol. The number of hydrogen-bond donors (Lipinski definition) is 1. The summed E-state index contributed by atoms with van der Waals surface area (Å²) in [4.78, 5) is 12.1. The Kier molecular flexibility index (Phi) is 4.85. The van der Waals surface area contributed by atoms with Gasteiger partial charge in [0.2, 0.25) is 0 Å². The largest absolute Gasteiger partial charge is 0.508 e. The van der Waals surface area contributed by atoms with Crippen LogP contribution in [0.3, 0.4) is 0 Å². The highest BCUT2D eigenvalue weighted by molar-refractivity contribution is 5.51. The maximum absolute atomic E-state index is 9.59. The summed E-state index contributed by atoms with van der Waals surface area (Å²) >= 11 is 0. The molecule has 0 unspecified atom stereocenters. The lowest BCUT2D eigenvalue weighted by Crippen LogP contribution is -1.88. The zero-order valence-electron chi connectivity index (χ0n) is 10.5. The van der Waals surface area contributed by atoms with Crippen LogP contribution in [0.1, 0.15) is 12.0 Å². The van der Waals surface area contributed by atoms with Crippen LogP contribution >= 0.6 is 0 Å². The minimum absolute atomic E-state index is 0.344. The van der Waals surface area contributed by atoms with Crippen LogP contribution in [0, 0.1) is 0 Å². The van der Waals surface area contributed by atoms with Crippen molar-refractivity contribution in [3.05, 3.63) is 54.4 Å². The van der Waals surface area contributed by atoms with Crippen molar-refractivity contribution in [2.45, 2.75) is 12.8 Å². The van der Waals surface area contributed by atoms with Gasteiger partial charge in [-0.3, -0.25) is 4.98 Å². The van der Waals surface area contributed by atoms with Gasteiger partial charge in [0.25, 0.3) is 0 Å². The average molecular weight is 253 g/mol. The molecule has 2 rings (SSSR count). The highest BCUT2D eigenvalue weighted by atomic mass is 16.3. The summed E-state index contributed by atoms with van der Waals surface area (Å²) in [6.45, 7) is 0.642. The van der Waals surface area contributed by atoms with E-state index in [0.717, 1.165) is 24.1 Å². The molecule has 0 fully saturated rings. The summed E-state index contributed by atoms with van der Waals surface area (Å²) in [6.07, 6.45) is 5.01. The van der Waals surface area contributed by atoms with Crippen LogP contribution in [-0.4, -0.2) is 22.6 Å². The van der Waals surface area contributed by atoms with Gasteiger partial charge < -0.3 is 5.11 Å². The van der Waals surface area contributed by atoms with E-state index in [2.05, 4.69) is 21.0 Å². The second-order valence-corrected chi connectivity index (χ2v) is 4.03. The Balaban J connectivity index is 1.78.